The molecule has 0 aliphatic carbocycles. The maximum atomic E-state index is 13.5. The molecule has 2 aliphatic rings. The summed E-state index contributed by atoms with van der Waals surface area (Å²) in [5.74, 6) is -3.15. The molecule has 1 saturated heterocycles. The maximum Gasteiger partial charge on any atom is 0.323 e. The van der Waals surface area contributed by atoms with Gasteiger partial charge in [0.1, 0.15) is 11.6 Å². The lowest BCUT2D eigenvalue weighted by atomic mass is 9.80. The number of halogens is 1. The highest BCUT2D eigenvalue weighted by Crippen LogP contribution is 2.49. The van der Waals surface area contributed by atoms with Crippen molar-refractivity contribution in [2.75, 3.05) is 11.4 Å². The van der Waals surface area contributed by atoms with Gasteiger partial charge >= 0.3 is 5.97 Å². The SMILES string of the molecule is O=C(O)CN1C(=O)C2(CC(=O)N(Cc3nc4ccccc4s3)C2=O)c2cc(Cl)ccc21. The van der Waals surface area contributed by atoms with Gasteiger partial charge in [0, 0.05) is 16.3 Å². The Labute approximate surface area is 184 Å². The number of rotatable bonds is 4. The number of nitrogens with zero attached hydrogens (tertiary/aromatic N) is 3. The first-order valence-corrected chi connectivity index (χ1v) is 10.5. The second-order valence-electron chi connectivity index (χ2n) is 7.39. The first-order chi connectivity index (χ1) is 14.8. The van der Waals surface area contributed by atoms with E-state index in [1.54, 1.807) is 0 Å². The highest BCUT2D eigenvalue weighted by Gasteiger charge is 2.64. The van der Waals surface area contributed by atoms with Gasteiger partial charge in [-0.3, -0.25) is 29.0 Å². The van der Waals surface area contributed by atoms with Crippen molar-refractivity contribution >= 4 is 62.5 Å². The lowest BCUT2D eigenvalue weighted by Crippen LogP contribution is -2.47. The molecule has 0 radical (unpaired) electrons. The molecule has 1 N–H and O–H groups in total. The monoisotopic (exact) mass is 455 g/mol. The van der Waals surface area contributed by atoms with E-state index in [4.69, 9.17) is 11.6 Å². The number of imide groups is 1. The number of para-hydroxylation sites is 1. The van der Waals surface area contributed by atoms with Crippen molar-refractivity contribution < 1.29 is 24.3 Å². The van der Waals surface area contributed by atoms with Crippen LogP contribution >= 0.6 is 22.9 Å². The molecule has 1 atom stereocenters. The molecule has 3 heterocycles. The Kier molecular flexibility index (Phi) is 4.35. The van der Waals surface area contributed by atoms with Gasteiger partial charge in [0.25, 0.3) is 0 Å². The Bertz CT molecular complexity index is 1270. The largest absolute Gasteiger partial charge is 0.480 e. The molecule has 156 valence electrons. The van der Waals surface area contributed by atoms with Crippen LogP contribution in [-0.4, -0.2) is 45.2 Å². The highest BCUT2D eigenvalue weighted by atomic mass is 35.5. The molecule has 8 nitrogen and oxygen atoms in total. The van der Waals surface area contributed by atoms with Crippen LogP contribution in [0.5, 0.6) is 0 Å². The van der Waals surface area contributed by atoms with E-state index in [1.807, 2.05) is 24.3 Å². The van der Waals surface area contributed by atoms with Crippen LogP contribution in [-0.2, 0) is 31.1 Å². The minimum absolute atomic E-state index is 0.0547. The molecule has 1 fully saturated rings. The van der Waals surface area contributed by atoms with Crippen LogP contribution in [0.25, 0.3) is 10.2 Å². The second kappa shape index (κ2) is 6.86. The first-order valence-electron chi connectivity index (χ1n) is 9.34. The third-order valence-corrected chi connectivity index (χ3v) is 6.83. The molecule has 0 bridgehead atoms. The fourth-order valence-electron chi connectivity index (χ4n) is 4.23. The summed E-state index contributed by atoms with van der Waals surface area (Å²) in [6.07, 6.45) is -0.376. The molecule has 2 aliphatic heterocycles. The van der Waals surface area contributed by atoms with E-state index in [0.717, 1.165) is 20.0 Å². The number of carbonyl (C=O) groups is 4. The van der Waals surface area contributed by atoms with Crippen LogP contribution in [0, 0.1) is 0 Å². The van der Waals surface area contributed by atoms with Gasteiger partial charge in [-0.25, -0.2) is 4.98 Å². The lowest BCUT2D eigenvalue weighted by Gasteiger charge is -2.21. The predicted octanol–water partition coefficient (Wildman–Crippen LogP) is 2.58. The molecular formula is C21H14ClN3O5S. The molecule has 3 amide bonds. The number of carboxylic acids is 1. The molecule has 2 aromatic carbocycles. The normalized spacial score (nSPS) is 20.4. The number of aliphatic carboxylic acids is 1. The molecule has 31 heavy (non-hydrogen) atoms. The van der Waals surface area contributed by atoms with Gasteiger partial charge in [0.15, 0.2) is 5.41 Å². The van der Waals surface area contributed by atoms with Crippen LogP contribution in [0.15, 0.2) is 42.5 Å². The maximum absolute atomic E-state index is 13.5. The summed E-state index contributed by atoms with van der Waals surface area (Å²) >= 11 is 7.48. The van der Waals surface area contributed by atoms with Crippen LogP contribution < -0.4 is 4.90 Å². The van der Waals surface area contributed by atoms with E-state index in [9.17, 15) is 24.3 Å². The fourth-order valence-corrected chi connectivity index (χ4v) is 5.36. The van der Waals surface area contributed by atoms with Crippen LogP contribution in [0.1, 0.15) is 17.0 Å². The average Bonchev–Trinajstić information content (AvgIpc) is 3.32. The molecular weight excluding hydrogens is 442 g/mol. The zero-order chi connectivity index (χ0) is 21.9. The number of likely N-dealkylation sites (tertiary alicyclic amines) is 1. The summed E-state index contributed by atoms with van der Waals surface area (Å²) in [5.41, 5.74) is -0.502. The van der Waals surface area contributed by atoms with Gasteiger partial charge in [-0.1, -0.05) is 23.7 Å². The van der Waals surface area contributed by atoms with Gasteiger partial charge in [0.05, 0.1) is 23.2 Å². The molecule has 5 rings (SSSR count). The highest BCUT2D eigenvalue weighted by molar-refractivity contribution is 7.18. The first kappa shape index (κ1) is 19.7. The number of carbonyl (C=O) groups excluding carboxylic acids is 3. The Balaban J connectivity index is 1.56. The molecule has 10 heteroatoms. The smallest absolute Gasteiger partial charge is 0.323 e. The number of anilines is 1. The van der Waals surface area contributed by atoms with E-state index in [0.29, 0.717) is 5.01 Å². The second-order valence-corrected chi connectivity index (χ2v) is 8.94. The van der Waals surface area contributed by atoms with E-state index < -0.39 is 35.7 Å². The van der Waals surface area contributed by atoms with Crippen molar-refractivity contribution in [3.63, 3.8) is 0 Å². The molecule has 0 saturated carbocycles. The minimum atomic E-state index is -1.80. The Morgan fingerprint density at radius 3 is 2.61 bits per heavy atom. The van der Waals surface area contributed by atoms with E-state index in [2.05, 4.69) is 4.98 Å². The fraction of sp³-hybridized carbons (Fsp3) is 0.190. The van der Waals surface area contributed by atoms with Crippen molar-refractivity contribution in [2.24, 2.45) is 0 Å². The van der Waals surface area contributed by atoms with Gasteiger partial charge < -0.3 is 5.11 Å². The Morgan fingerprint density at radius 1 is 1.13 bits per heavy atom. The zero-order valence-electron chi connectivity index (χ0n) is 15.9. The van der Waals surface area contributed by atoms with Crippen molar-refractivity contribution in [2.45, 2.75) is 18.4 Å². The number of amides is 3. The summed E-state index contributed by atoms with van der Waals surface area (Å²) in [7, 11) is 0. The molecule has 3 aromatic rings. The van der Waals surface area contributed by atoms with Crippen molar-refractivity contribution in [3.8, 4) is 0 Å². The molecule has 1 spiro atoms. The van der Waals surface area contributed by atoms with Crippen LogP contribution in [0.4, 0.5) is 5.69 Å². The topological polar surface area (TPSA) is 108 Å². The van der Waals surface area contributed by atoms with E-state index >= 15 is 0 Å². The number of hydrogen-bond donors (Lipinski definition) is 1. The van der Waals surface area contributed by atoms with Gasteiger partial charge in [-0.15, -0.1) is 11.3 Å². The summed E-state index contributed by atoms with van der Waals surface area (Å²) < 4.78 is 0.924. The lowest BCUT2D eigenvalue weighted by molar-refractivity contribution is -0.143. The standard InChI is InChI=1S/C21H14ClN3O5S/c22-11-5-6-14-12(7-11)21(19(29)24(14)10-18(27)28)8-17(26)25(20(21)30)9-16-23-13-3-1-2-4-15(13)31-16/h1-7H,8-10H2,(H,27,28). The van der Waals surface area contributed by atoms with Gasteiger partial charge in [0.2, 0.25) is 17.7 Å². The zero-order valence-corrected chi connectivity index (χ0v) is 17.4. The average molecular weight is 456 g/mol. The van der Waals surface area contributed by atoms with Crippen molar-refractivity contribution in [1.29, 1.82) is 0 Å². The van der Waals surface area contributed by atoms with E-state index in [1.165, 1.54) is 29.5 Å². The summed E-state index contributed by atoms with van der Waals surface area (Å²) in [4.78, 5) is 57.6. The summed E-state index contributed by atoms with van der Waals surface area (Å²) in [6, 6.07) is 11.9. The Hall–Kier alpha value is -3.30. The predicted molar refractivity (Wildman–Crippen MR) is 113 cm³/mol. The number of carboxylic acid groups (broad SMARTS) is 1. The number of fused-ring (bicyclic) bond motifs is 3. The van der Waals surface area contributed by atoms with Crippen LogP contribution in [0.3, 0.4) is 0 Å². The Morgan fingerprint density at radius 2 is 1.87 bits per heavy atom. The van der Waals surface area contributed by atoms with E-state index in [-0.39, 0.29) is 29.2 Å². The van der Waals surface area contributed by atoms with Gasteiger partial charge in [-0.05, 0) is 30.3 Å². The number of aromatic nitrogens is 1. The number of hydrogen-bond acceptors (Lipinski definition) is 6. The quantitative estimate of drug-likeness (QED) is 0.478. The summed E-state index contributed by atoms with van der Waals surface area (Å²) in [5, 5.41) is 10.1. The third-order valence-electron chi connectivity index (χ3n) is 5.57. The number of thiazole rings is 1. The number of benzene rings is 2. The van der Waals surface area contributed by atoms with Crippen molar-refractivity contribution in [3.05, 3.63) is 58.1 Å². The van der Waals surface area contributed by atoms with Crippen molar-refractivity contribution in [1.82, 2.24) is 9.88 Å². The molecule has 1 aromatic heterocycles. The van der Waals surface area contributed by atoms with Crippen LogP contribution in [0.2, 0.25) is 5.02 Å². The minimum Gasteiger partial charge on any atom is -0.480 e. The molecule has 1 unspecified atom stereocenters. The van der Waals surface area contributed by atoms with Gasteiger partial charge in [-0.2, -0.15) is 0 Å². The summed E-state index contributed by atoms with van der Waals surface area (Å²) in [6.45, 7) is -0.671. The third kappa shape index (κ3) is 2.84.